The van der Waals surface area contributed by atoms with Crippen molar-refractivity contribution in [2.75, 3.05) is 19.8 Å². The van der Waals surface area contributed by atoms with E-state index in [1.165, 1.54) is 19.3 Å². The SMILES string of the molecule is CCCCCCCOc1ccc(C#CC2(NC(=O)O)COC(C)(C)OC2)cc1CO[Si](C)(C)C(C)(C)C. The molecule has 7 nitrogen and oxygen atoms in total. The molecule has 0 saturated carbocycles. The van der Waals surface area contributed by atoms with Crippen LogP contribution < -0.4 is 10.1 Å². The van der Waals surface area contributed by atoms with Crippen LogP contribution in [0.25, 0.3) is 0 Å². The maximum Gasteiger partial charge on any atom is 0.406 e. The fourth-order valence-electron chi connectivity index (χ4n) is 3.52. The van der Waals surface area contributed by atoms with Crippen molar-refractivity contribution in [3.05, 3.63) is 29.3 Å². The molecule has 2 rings (SSSR count). The monoisotopic (exact) mass is 533 g/mol. The number of hydrogen-bond acceptors (Lipinski definition) is 5. The summed E-state index contributed by atoms with van der Waals surface area (Å²) in [5, 5.41) is 12.0. The highest BCUT2D eigenvalue weighted by atomic mass is 28.4. The first-order valence-corrected chi connectivity index (χ1v) is 16.3. The number of ether oxygens (including phenoxy) is 3. The van der Waals surface area contributed by atoms with E-state index in [2.05, 4.69) is 57.9 Å². The molecule has 0 bridgehead atoms. The average Bonchev–Trinajstić information content (AvgIpc) is 2.80. The molecular formula is C29H47NO6Si. The Bertz CT molecular complexity index is 947. The Balaban J connectivity index is 2.26. The van der Waals surface area contributed by atoms with Gasteiger partial charge in [-0.3, -0.25) is 0 Å². The van der Waals surface area contributed by atoms with Crippen molar-refractivity contribution in [1.82, 2.24) is 5.32 Å². The molecule has 2 N–H and O–H groups in total. The smallest absolute Gasteiger partial charge is 0.406 e. The van der Waals surface area contributed by atoms with Crippen molar-refractivity contribution in [3.63, 3.8) is 0 Å². The van der Waals surface area contributed by atoms with Crippen LogP contribution in [0.2, 0.25) is 18.1 Å². The van der Waals surface area contributed by atoms with Crippen molar-refractivity contribution in [1.29, 1.82) is 0 Å². The Labute approximate surface area is 224 Å². The highest BCUT2D eigenvalue weighted by Crippen LogP contribution is 2.37. The van der Waals surface area contributed by atoms with Crippen LogP contribution in [0.1, 0.15) is 84.8 Å². The molecule has 1 aliphatic rings. The van der Waals surface area contributed by atoms with Crippen molar-refractivity contribution >= 4 is 14.4 Å². The summed E-state index contributed by atoms with van der Waals surface area (Å²) >= 11 is 0. The minimum Gasteiger partial charge on any atom is -0.493 e. The molecule has 1 fully saturated rings. The summed E-state index contributed by atoms with van der Waals surface area (Å²) in [4.78, 5) is 11.5. The van der Waals surface area contributed by atoms with E-state index < -0.39 is 25.7 Å². The summed E-state index contributed by atoms with van der Waals surface area (Å²) in [6.07, 6.45) is 4.71. The Morgan fingerprint density at radius 2 is 1.78 bits per heavy atom. The molecule has 1 amide bonds. The van der Waals surface area contributed by atoms with E-state index in [4.69, 9.17) is 18.6 Å². The molecule has 0 radical (unpaired) electrons. The predicted octanol–water partition coefficient (Wildman–Crippen LogP) is 6.70. The summed E-state index contributed by atoms with van der Waals surface area (Å²) in [5.74, 6) is 6.24. The first-order valence-electron chi connectivity index (χ1n) is 13.4. The average molecular weight is 534 g/mol. The zero-order valence-electron chi connectivity index (χ0n) is 24.1. The zero-order chi connectivity index (χ0) is 27.7. The molecule has 1 heterocycles. The topological polar surface area (TPSA) is 86.3 Å². The maximum atomic E-state index is 11.5. The van der Waals surface area contributed by atoms with Gasteiger partial charge in [-0.05, 0) is 56.6 Å². The molecule has 37 heavy (non-hydrogen) atoms. The lowest BCUT2D eigenvalue weighted by molar-refractivity contribution is -0.262. The van der Waals surface area contributed by atoms with Gasteiger partial charge in [-0.25, -0.2) is 4.79 Å². The second kappa shape index (κ2) is 13.1. The minimum atomic E-state index is -1.97. The summed E-state index contributed by atoms with van der Waals surface area (Å²) in [5.41, 5.74) is 0.551. The quantitative estimate of drug-likeness (QED) is 0.187. The van der Waals surface area contributed by atoms with Crippen LogP contribution in [0, 0.1) is 11.8 Å². The molecule has 0 aliphatic carbocycles. The van der Waals surface area contributed by atoms with E-state index in [9.17, 15) is 9.90 Å². The van der Waals surface area contributed by atoms with E-state index in [-0.39, 0.29) is 18.3 Å². The molecule has 1 aromatic carbocycles. The van der Waals surface area contributed by atoms with E-state index in [1.54, 1.807) is 13.8 Å². The van der Waals surface area contributed by atoms with Gasteiger partial charge in [0.25, 0.3) is 0 Å². The maximum absolute atomic E-state index is 11.5. The lowest BCUT2D eigenvalue weighted by atomic mass is 10.00. The Morgan fingerprint density at radius 1 is 1.14 bits per heavy atom. The molecule has 208 valence electrons. The molecule has 1 saturated heterocycles. The number of benzene rings is 1. The number of hydrogen-bond donors (Lipinski definition) is 2. The van der Waals surface area contributed by atoms with Gasteiger partial charge in [0, 0.05) is 11.1 Å². The third-order valence-corrected chi connectivity index (χ3v) is 11.6. The first-order chi connectivity index (χ1) is 17.2. The number of rotatable bonds is 11. The van der Waals surface area contributed by atoms with Crippen molar-refractivity contribution in [2.45, 2.75) is 110 Å². The molecular weight excluding hydrogens is 486 g/mol. The van der Waals surface area contributed by atoms with E-state index >= 15 is 0 Å². The first kappa shape index (κ1) is 31.2. The molecule has 1 aliphatic heterocycles. The van der Waals surface area contributed by atoms with Gasteiger partial charge >= 0.3 is 6.09 Å². The van der Waals surface area contributed by atoms with Gasteiger partial charge in [-0.1, -0.05) is 65.2 Å². The minimum absolute atomic E-state index is 0.0916. The van der Waals surface area contributed by atoms with Gasteiger partial charge in [-0.2, -0.15) is 0 Å². The summed E-state index contributed by atoms with van der Waals surface area (Å²) in [6.45, 7) is 18.2. The fourth-order valence-corrected chi connectivity index (χ4v) is 4.47. The second-order valence-electron chi connectivity index (χ2n) is 11.9. The third-order valence-electron chi connectivity index (χ3n) is 7.09. The molecule has 0 unspecified atom stereocenters. The fraction of sp³-hybridized carbons (Fsp3) is 0.690. The number of carbonyl (C=O) groups is 1. The Hall–Kier alpha value is -2.05. The number of amides is 1. The van der Waals surface area contributed by atoms with Crippen LogP contribution in [0.15, 0.2) is 18.2 Å². The summed E-state index contributed by atoms with van der Waals surface area (Å²) in [7, 11) is -1.97. The van der Waals surface area contributed by atoms with Crippen LogP contribution in [0.3, 0.4) is 0 Å². The third kappa shape index (κ3) is 9.97. The lowest BCUT2D eigenvalue weighted by Gasteiger charge is -2.40. The van der Waals surface area contributed by atoms with Gasteiger partial charge in [0.2, 0.25) is 0 Å². The van der Waals surface area contributed by atoms with E-state index in [1.807, 2.05) is 18.2 Å². The Kier molecular flexibility index (Phi) is 11.1. The molecule has 0 aromatic heterocycles. The van der Waals surface area contributed by atoms with E-state index in [0.29, 0.717) is 13.2 Å². The summed E-state index contributed by atoms with van der Waals surface area (Å²) < 4.78 is 24.1. The van der Waals surface area contributed by atoms with Gasteiger partial charge in [0.1, 0.15) is 5.75 Å². The summed E-state index contributed by atoms with van der Waals surface area (Å²) in [6, 6.07) is 5.82. The van der Waals surface area contributed by atoms with E-state index in [0.717, 1.165) is 29.7 Å². The van der Waals surface area contributed by atoms with Gasteiger partial charge in [-0.15, -0.1) is 0 Å². The number of nitrogens with one attached hydrogen (secondary N) is 1. The van der Waals surface area contributed by atoms with Crippen LogP contribution in [0.5, 0.6) is 5.75 Å². The highest BCUT2D eigenvalue weighted by molar-refractivity contribution is 6.74. The lowest BCUT2D eigenvalue weighted by Crippen LogP contribution is -2.60. The van der Waals surface area contributed by atoms with Crippen LogP contribution in [-0.4, -0.2) is 50.7 Å². The molecule has 8 heteroatoms. The van der Waals surface area contributed by atoms with Crippen molar-refractivity contribution in [2.24, 2.45) is 0 Å². The van der Waals surface area contributed by atoms with Crippen molar-refractivity contribution in [3.8, 4) is 17.6 Å². The predicted molar refractivity (Wildman–Crippen MR) is 149 cm³/mol. The largest absolute Gasteiger partial charge is 0.493 e. The molecule has 0 spiro atoms. The number of carboxylic acid groups (broad SMARTS) is 1. The highest BCUT2D eigenvalue weighted by Gasteiger charge is 2.40. The van der Waals surface area contributed by atoms with Crippen molar-refractivity contribution < 1.29 is 28.5 Å². The van der Waals surface area contributed by atoms with Gasteiger partial charge < -0.3 is 29.1 Å². The Morgan fingerprint density at radius 3 is 2.38 bits per heavy atom. The zero-order valence-corrected chi connectivity index (χ0v) is 25.1. The molecule has 0 atom stereocenters. The van der Waals surface area contributed by atoms with Gasteiger partial charge in [0.05, 0.1) is 26.4 Å². The van der Waals surface area contributed by atoms with Crippen LogP contribution in [-0.2, 0) is 20.5 Å². The second-order valence-corrected chi connectivity index (χ2v) is 16.7. The normalized spacial score (nSPS) is 17.0. The van der Waals surface area contributed by atoms with Crippen LogP contribution in [0.4, 0.5) is 4.79 Å². The molecule has 1 aromatic rings. The standard InChI is InChI=1S/C29H47NO6Si/c1-9-10-11-12-13-18-33-25-15-14-23(19-24(25)20-36-37(7,8)27(2,3)4)16-17-29(30-26(31)32)21-34-28(5,6)35-22-29/h14-15,19,30H,9-13,18,20-22H2,1-8H3,(H,31,32). The van der Waals surface area contributed by atoms with Crippen LogP contribution >= 0.6 is 0 Å². The number of unbranched alkanes of at least 4 members (excludes halogenated alkanes) is 4. The van der Waals surface area contributed by atoms with Gasteiger partial charge in [0.15, 0.2) is 19.6 Å².